The first-order valence-corrected chi connectivity index (χ1v) is 4.31. The maximum atomic E-state index is 12.2. The molecular formula is C9H8F3N3O. The lowest BCUT2D eigenvalue weighted by Crippen LogP contribution is -2.06. The summed E-state index contributed by atoms with van der Waals surface area (Å²) < 4.78 is 36.7. The topological polar surface area (TPSA) is 69.0 Å². The molecule has 0 aromatic heterocycles. The van der Waals surface area contributed by atoms with E-state index in [-0.39, 0.29) is 0 Å². The summed E-state index contributed by atoms with van der Waals surface area (Å²) in [4.78, 5) is 2.50. The molecule has 1 aromatic rings. The summed E-state index contributed by atoms with van der Waals surface area (Å²) >= 11 is 0. The van der Waals surface area contributed by atoms with Crippen LogP contribution >= 0.6 is 0 Å². The van der Waals surface area contributed by atoms with Crippen LogP contribution in [0.5, 0.6) is 0 Å². The standard InChI is InChI=1S/C9H8F3N3O/c10-9(11,12)7-3-1-6(2-4-7)8(5-16)14-15-13/h1-4,8,16H,5H2/t8-/m0/s1. The van der Waals surface area contributed by atoms with Gasteiger partial charge in [0.2, 0.25) is 0 Å². The van der Waals surface area contributed by atoms with Crippen LogP contribution in [0.3, 0.4) is 0 Å². The smallest absolute Gasteiger partial charge is 0.396 e. The van der Waals surface area contributed by atoms with Crippen molar-refractivity contribution >= 4 is 0 Å². The fraction of sp³-hybridized carbons (Fsp3) is 0.333. The van der Waals surface area contributed by atoms with Crippen molar-refractivity contribution in [3.05, 3.63) is 45.8 Å². The van der Waals surface area contributed by atoms with Gasteiger partial charge in [-0.05, 0) is 23.2 Å². The van der Waals surface area contributed by atoms with Crippen LogP contribution in [0.15, 0.2) is 29.4 Å². The van der Waals surface area contributed by atoms with Crippen LogP contribution in [0, 0.1) is 0 Å². The van der Waals surface area contributed by atoms with Crippen molar-refractivity contribution in [2.45, 2.75) is 12.2 Å². The van der Waals surface area contributed by atoms with Gasteiger partial charge in [0.25, 0.3) is 0 Å². The quantitative estimate of drug-likeness (QED) is 0.484. The molecule has 0 amide bonds. The lowest BCUT2D eigenvalue weighted by atomic mass is 10.1. The maximum absolute atomic E-state index is 12.2. The minimum Gasteiger partial charge on any atom is -0.396 e. The fourth-order valence-electron chi connectivity index (χ4n) is 1.17. The third kappa shape index (κ3) is 2.88. The Kier molecular flexibility index (Phi) is 3.76. The maximum Gasteiger partial charge on any atom is 0.416 e. The van der Waals surface area contributed by atoms with Crippen LogP contribution in [0.4, 0.5) is 13.2 Å². The summed E-state index contributed by atoms with van der Waals surface area (Å²) in [6.07, 6.45) is -4.40. The first-order chi connectivity index (χ1) is 7.49. The highest BCUT2D eigenvalue weighted by atomic mass is 19.4. The van der Waals surface area contributed by atoms with Gasteiger partial charge in [-0.3, -0.25) is 0 Å². The van der Waals surface area contributed by atoms with Gasteiger partial charge in [-0.25, -0.2) is 0 Å². The predicted octanol–water partition coefficient (Wildman–Crippen LogP) is 3.05. The predicted molar refractivity (Wildman–Crippen MR) is 50.4 cm³/mol. The summed E-state index contributed by atoms with van der Waals surface area (Å²) in [6, 6.07) is 3.26. The monoisotopic (exact) mass is 231 g/mol. The zero-order valence-corrected chi connectivity index (χ0v) is 8.02. The van der Waals surface area contributed by atoms with Crippen LogP contribution in [-0.4, -0.2) is 11.7 Å². The molecule has 0 saturated heterocycles. The molecule has 0 spiro atoms. The number of aliphatic hydroxyl groups is 1. The molecule has 0 radical (unpaired) electrons. The van der Waals surface area contributed by atoms with Gasteiger partial charge in [0.15, 0.2) is 0 Å². The highest BCUT2D eigenvalue weighted by molar-refractivity contribution is 5.26. The second-order valence-electron chi connectivity index (χ2n) is 3.02. The van der Waals surface area contributed by atoms with Gasteiger partial charge in [0.05, 0.1) is 18.2 Å². The molecule has 0 heterocycles. The average molecular weight is 231 g/mol. The van der Waals surface area contributed by atoms with Crippen molar-refractivity contribution in [3.8, 4) is 0 Å². The number of nitrogens with zero attached hydrogens (tertiary/aromatic N) is 3. The molecule has 0 unspecified atom stereocenters. The zero-order chi connectivity index (χ0) is 12.2. The molecule has 0 aliphatic carbocycles. The van der Waals surface area contributed by atoms with E-state index in [2.05, 4.69) is 10.0 Å². The minimum absolute atomic E-state index is 0.341. The summed E-state index contributed by atoms with van der Waals surface area (Å²) in [5, 5.41) is 12.1. The van der Waals surface area contributed by atoms with Gasteiger partial charge in [0, 0.05) is 4.91 Å². The molecule has 7 heteroatoms. The third-order valence-corrected chi connectivity index (χ3v) is 1.99. The van der Waals surface area contributed by atoms with Crippen molar-refractivity contribution in [2.75, 3.05) is 6.61 Å². The fourth-order valence-corrected chi connectivity index (χ4v) is 1.17. The lowest BCUT2D eigenvalue weighted by molar-refractivity contribution is -0.137. The van der Waals surface area contributed by atoms with E-state index < -0.39 is 24.4 Å². The highest BCUT2D eigenvalue weighted by Crippen LogP contribution is 2.30. The molecule has 1 aromatic carbocycles. The molecule has 1 rings (SSSR count). The van der Waals surface area contributed by atoms with E-state index >= 15 is 0 Å². The molecular weight excluding hydrogens is 223 g/mol. The second-order valence-corrected chi connectivity index (χ2v) is 3.02. The van der Waals surface area contributed by atoms with E-state index in [9.17, 15) is 13.2 Å². The van der Waals surface area contributed by atoms with Gasteiger partial charge in [0.1, 0.15) is 0 Å². The largest absolute Gasteiger partial charge is 0.416 e. The van der Waals surface area contributed by atoms with Gasteiger partial charge in [-0.2, -0.15) is 13.2 Å². The molecule has 0 fully saturated rings. The summed E-state index contributed by atoms with van der Waals surface area (Å²) in [5.74, 6) is 0. The Bertz CT molecular complexity index is 395. The molecule has 1 N–H and O–H groups in total. The Morgan fingerprint density at radius 2 is 1.88 bits per heavy atom. The molecule has 0 aliphatic rings. The van der Waals surface area contributed by atoms with E-state index in [1.807, 2.05) is 0 Å². The molecule has 16 heavy (non-hydrogen) atoms. The molecule has 0 aliphatic heterocycles. The van der Waals surface area contributed by atoms with Crippen LogP contribution < -0.4 is 0 Å². The third-order valence-electron chi connectivity index (χ3n) is 1.99. The van der Waals surface area contributed by atoms with Crippen molar-refractivity contribution in [1.29, 1.82) is 0 Å². The summed E-state index contributed by atoms with van der Waals surface area (Å²) in [5.41, 5.74) is 7.74. The first-order valence-electron chi connectivity index (χ1n) is 4.31. The zero-order valence-electron chi connectivity index (χ0n) is 8.02. The highest BCUT2D eigenvalue weighted by Gasteiger charge is 2.30. The van der Waals surface area contributed by atoms with Crippen LogP contribution in [-0.2, 0) is 6.18 Å². The van der Waals surface area contributed by atoms with Crippen molar-refractivity contribution in [3.63, 3.8) is 0 Å². The van der Waals surface area contributed by atoms with Crippen LogP contribution in [0.2, 0.25) is 0 Å². The summed E-state index contributed by atoms with van der Waals surface area (Å²) in [7, 11) is 0. The molecule has 4 nitrogen and oxygen atoms in total. The average Bonchev–Trinajstić information content (AvgIpc) is 2.25. The number of hydrogen-bond donors (Lipinski definition) is 1. The Morgan fingerprint density at radius 1 is 1.31 bits per heavy atom. The Morgan fingerprint density at radius 3 is 2.25 bits per heavy atom. The van der Waals surface area contributed by atoms with Gasteiger partial charge in [-0.1, -0.05) is 17.2 Å². The molecule has 86 valence electrons. The van der Waals surface area contributed by atoms with Gasteiger partial charge < -0.3 is 5.11 Å². The normalized spacial score (nSPS) is 13.0. The van der Waals surface area contributed by atoms with Gasteiger partial charge >= 0.3 is 6.18 Å². The van der Waals surface area contributed by atoms with Gasteiger partial charge in [-0.15, -0.1) is 0 Å². The Hall–Kier alpha value is -1.72. The van der Waals surface area contributed by atoms with E-state index in [1.165, 1.54) is 12.1 Å². The van der Waals surface area contributed by atoms with Crippen LogP contribution in [0.1, 0.15) is 17.2 Å². The molecule has 0 saturated carbocycles. The Labute approximate surface area is 89.0 Å². The SMILES string of the molecule is [N-]=[N+]=N[C@@H](CO)c1ccc(C(F)(F)F)cc1. The number of hydrogen-bond acceptors (Lipinski definition) is 2. The van der Waals surface area contributed by atoms with E-state index in [4.69, 9.17) is 10.6 Å². The Balaban J connectivity index is 2.98. The number of azide groups is 1. The van der Waals surface area contributed by atoms with E-state index in [0.29, 0.717) is 5.56 Å². The van der Waals surface area contributed by atoms with E-state index in [1.54, 1.807) is 0 Å². The van der Waals surface area contributed by atoms with Crippen molar-refractivity contribution in [1.82, 2.24) is 0 Å². The first kappa shape index (κ1) is 12.4. The van der Waals surface area contributed by atoms with Crippen molar-refractivity contribution < 1.29 is 18.3 Å². The van der Waals surface area contributed by atoms with Crippen molar-refractivity contribution in [2.24, 2.45) is 5.11 Å². The summed E-state index contributed by atoms with van der Waals surface area (Å²) in [6.45, 7) is -0.449. The molecule has 1 atom stereocenters. The number of halogens is 3. The molecule has 0 bridgehead atoms. The minimum atomic E-state index is -4.40. The number of rotatable bonds is 3. The van der Waals surface area contributed by atoms with Crippen LogP contribution in [0.25, 0.3) is 10.4 Å². The number of benzene rings is 1. The van der Waals surface area contributed by atoms with E-state index in [0.717, 1.165) is 12.1 Å². The second kappa shape index (κ2) is 4.87. The number of alkyl halides is 3. The lowest BCUT2D eigenvalue weighted by Gasteiger charge is -2.10. The number of aliphatic hydroxyl groups excluding tert-OH is 1.